The summed E-state index contributed by atoms with van der Waals surface area (Å²) < 4.78 is 0. The van der Waals surface area contributed by atoms with Crippen LogP contribution in [0, 0.1) is 0 Å². The van der Waals surface area contributed by atoms with Gasteiger partial charge in [0.15, 0.2) is 0 Å². The van der Waals surface area contributed by atoms with Crippen molar-refractivity contribution in [2.45, 2.75) is 0 Å². The van der Waals surface area contributed by atoms with Gasteiger partial charge in [-0.2, -0.15) is 0 Å². The third kappa shape index (κ3) is 59.6. The van der Waals surface area contributed by atoms with Gasteiger partial charge in [-0.05, 0) is 6.16 Å². The number of carboxylic acid groups (broad SMARTS) is 2. The zero-order chi connectivity index (χ0) is 3.58. The average molecular weight is 106 g/mol. The molecule has 3 nitrogen and oxygen atoms in total. The van der Waals surface area contributed by atoms with Crippen molar-refractivity contribution in [1.82, 2.24) is 0 Å². The Hall–Kier alpha value is 1.27. The second-order valence-corrected chi connectivity index (χ2v) is 0.250. The van der Waals surface area contributed by atoms with Gasteiger partial charge in [0.25, 0.3) is 0 Å². The van der Waals surface area contributed by atoms with Gasteiger partial charge in [0.1, 0.15) is 0 Å². The van der Waals surface area contributed by atoms with Gasteiger partial charge in [0.05, 0.1) is 0 Å². The first-order valence-electron chi connectivity index (χ1n) is 0.612. The Kier molecular flexibility index (Phi) is 25.0. The van der Waals surface area contributed by atoms with Crippen molar-refractivity contribution in [3.05, 3.63) is 0 Å². The number of carbonyl (C=O) groups excluding carboxylic acids is 1. The maximum atomic E-state index is 8.33. The molecule has 5 heteroatoms. The molecule has 0 aliphatic carbocycles. The second kappa shape index (κ2) is 9.55. The van der Waals surface area contributed by atoms with Gasteiger partial charge in [-0.15, -0.1) is 0 Å². The molecule has 0 bridgehead atoms. The molecular weight excluding hydrogens is 106 g/mol. The normalized spacial score (nSPS) is 4.00. The van der Waals surface area contributed by atoms with Gasteiger partial charge in [-0.25, -0.2) is 0 Å². The fourth-order valence-electron chi connectivity index (χ4n) is 0. The maximum Gasteiger partial charge on any atom is 1.00 e. The minimum atomic E-state index is -2.33. The molecule has 0 aliphatic heterocycles. The molecule has 0 aromatic rings. The van der Waals surface area contributed by atoms with Crippen molar-refractivity contribution < 1.29 is 74.1 Å². The van der Waals surface area contributed by atoms with E-state index in [2.05, 4.69) is 0 Å². The summed E-state index contributed by atoms with van der Waals surface area (Å²) in [5, 5.41) is 16.7. The Labute approximate surface area is 79.3 Å². The molecule has 0 heterocycles. The quantitative estimate of drug-likeness (QED) is 0.288. The van der Waals surface area contributed by atoms with Crippen LogP contribution in [0.25, 0.3) is 0 Å². The number of rotatable bonds is 0. The summed E-state index contributed by atoms with van der Waals surface area (Å²) in [5.74, 6) is 0. The summed E-state index contributed by atoms with van der Waals surface area (Å²) in [5.41, 5.74) is 0. The number of hydrogen-bond acceptors (Lipinski definition) is 3. The third-order valence-electron chi connectivity index (χ3n) is 0. The topological polar surface area (TPSA) is 63.2 Å². The first-order chi connectivity index (χ1) is 1.73. The smallest absolute Gasteiger partial charge is 0.652 e. The maximum absolute atomic E-state index is 8.33. The van der Waals surface area contributed by atoms with E-state index >= 15 is 0 Å². The molecule has 0 spiro atoms. The van der Waals surface area contributed by atoms with E-state index in [1.807, 2.05) is 0 Å². The van der Waals surface area contributed by atoms with E-state index in [1.165, 1.54) is 0 Å². The van der Waals surface area contributed by atoms with Crippen molar-refractivity contribution in [3.63, 3.8) is 0 Å². The SMILES string of the molecule is O=[12C]([O-])[O-].[Na+].[Na+]. The zero-order valence-electron chi connectivity index (χ0n) is 3.72. The predicted molar refractivity (Wildman–Crippen MR) is 5.40 cm³/mol. The van der Waals surface area contributed by atoms with Crippen LogP contribution < -0.4 is 69.3 Å². The largest absolute Gasteiger partial charge is 1.00 e. The Morgan fingerprint density at radius 3 is 1.17 bits per heavy atom. The molecule has 0 atom stereocenters. The summed E-state index contributed by atoms with van der Waals surface area (Å²) in [4.78, 5) is 8.33. The van der Waals surface area contributed by atoms with Gasteiger partial charge in [0.2, 0.25) is 0 Å². The van der Waals surface area contributed by atoms with Crippen LogP contribution in [-0.4, -0.2) is 6.16 Å². The van der Waals surface area contributed by atoms with E-state index in [9.17, 15) is 0 Å². The van der Waals surface area contributed by atoms with Crippen molar-refractivity contribution in [1.29, 1.82) is 0 Å². The first-order valence-corrected chi connectivity index (χ1v) is 0.612. The predicted octanol–water partition coefficient (Wildman–Crippen LogP) is -8.44. The summed E-state index contributed by atoms with van der Waals surface area (Å²) in [6.07, 6.45) is -2.33. The van der Waals surface area contributed by atoms with Crippen LogP contribution in [0.4, 0.5) is 4.79 Å². The van der Waals surface area contributed by atoms with Crippen LogP contribution >= 0.6 is 0 Å². The standard InChI is InChI=1S/CH2O3.2Na/c2-1(3)4;;/h(H2,2,3,4);;/q;2*+1/p-2/i1+0;;. The van der Waals surface area contributed by atoms with E-state index in [1.54, 1.807) is 0 Å². The van der Waals surface area contributed by atoms with Gasteiger partial charge in [-0.1, -0.05) is 0 Å². The van der Waals surface area contributed by atoms with E-state index in [-0.39, 0.29) is 59.1 Å². The minimum absolute atomic E-state index is 0. The van der Waals surface area contributed by atoms with Crippen molar-refractivity contribution in [3.8, 4) is 0 Å². The molecule has 0 saturated heterocycles. The van der Waals surface area contributed by atoms with Crippen LogP contribution in [0.5, 0.6) is 0 Å². The Balaban J connectivity index is -0.0000000450. The van der Waals surface area contributed by atoms with Crippen LogP contribution in [0.2, 0.25) is 0 Å². The molecule has 0 radical (unpaired) electrons. The first kappa shape index (κ1) is 15.7. The van der Waals surface area contributed by atoms with E-state index in [4.69, 9.17) is 15.0 Å². The molecule has 0 aromatic carbocycles. The van der Waals surface area contributed by atoms with Gasteiger partial charge >= 0.3 is 59.1 Å². The van der Waals surface area contributed by atoms with Crippen molar-refractivity contribution >= 4 is 6.16 Å². The Bertz CT molecular complexity index is 31.8. The molecule has 0 N–H and O–H groups in total. The third-order valence-corrected chi connectivity index (χ3v) is 0. The molecule has 0 saturated carbocycles. The van der Waals surface area contributed by atoms with Crippen LogP contribution in [-0.2, 0) is 0 Å². The fourth-order valence-corrected chi connectivity index (χ4v) is 0. The Morgan fingerprint density at radius 1 is 1.17 bits per heavy atom. The van der Waals surface area contributed by atoms with Gasteiger partial charge < -0.3 is 15.0 Å². The molecule has 24 valence electrons. The monoisotopic (exact) mass is 106 g/mol. The molecule has 0 unspecified atom stereocenters. The molecule has 0 aromatic heterocycles. The van der Waals surface area contributed by atoms with Crippen LogP contribution in [0.15, 0.2) is 0 Å². The van der Waals surface area contributed by atoms with Crippen LogP contribution in [0.1, 0.15) is 0 Å². The zero-order valence-corrected chi connectivity index (χ0v) is 7.72. The molecule has 0 rings (SSSR count). The van der Waals surface area contributed by atoms with Crippen molar-refractivity contribution in [2.24, 2.45) is 0 Å². The van der Waals surface area contributed by atoms with E-state index < -0.39 is 6.16 Å². The van der Waals surface area contributed by atoms with Crippen molar-refractivity contribution in [2.75, 3.05) is 0 Å². The minimum Gasteiger partial charge on any atom is -0.652 e. The van der Waals surface area contributed by atoms with E-state index in [0.29, 0.717) is 0 Å². The van der Waals surface area contributed by atoms with Gasteiger partial charge in [0, 0.05) is 0 Å². The summed E-state index contributed by atoms with van der Waals surface area (Å²) in [6, 6.07) is 0. The molecule has 6 heavy (non-hydrogen) atoms. The second-order valence-electron chi connectivity index (χ2n) is 0.250. The van der Waals surface area contributed by atoms with E-state index in [0.717, 1.165) is 0 Å². The molecule has 0 aliphatic rings. The Morgan fingerprint density at radius 2 is 1.17 bits per heavy atom. The average Bonchev–Trinajstić information content (AvgIpc) is 0.811. The summed E-state index contributed by atoms with van der Waals surface area (Å²) in [6.45, 7) is 0. The molecular formula is CNa2O3. The molecule has 0 fully saturated rings. The van der Waals surface area contributed by atoms with Crippen LogP contribution in [0.3, 0.4) is 0 Å². The fraction of sp³-hybridized carbons (Fsp3) is 0. The summed E-state index contributed by atoms with van der Waals surface area (Å²) >= 11 is 0. The molecule has 0 amide bonds. The number of hydrogen-bond donors (Lipinski definition) is 0. The van der Waals surface area contributed by atoms with Gasteiger partial charge in [-0.3, -0.25) is 0 Å². The number of carbonyl (C=O) groups is 1. The summed E-state index contributed by atoms with van der Waals surface area (Å²) in [7, 11) is 0.